The molecular formula is C24H22ClN7O2. The van der Waals surface area contributed by atoms with Gasteiger partial charge in [0.25, 0.3) is 0 Å². The average molecular weight is 476 g/mol. The summed E-state index contributed by atoms with van der Waals surface area (Å²) in [6.07, 6.45) is 3.36. The number of pyridine rings is 1. The minimum Gasteiger partial charge on any atom is -0.495 e. The number of fused-ring (bicyclic) bond motifs is 1. The molecule has 0 aliphatic rings. The van der Waals surface area contributed by atoms with Crippen molar-refractivity contribution in [2.24, 2.45) is 7.05 Å². The summed E-state index contributed by atoms with van der Waals surface area (Å²) in [7, 11) is 3.54. The van der Waals surface area contributed by atoms with Crippen LogP contribution in [-0.2, 0) is 13.7 Å². The Morgan fingerprint density at radius 3 is 2.71 bits per heavy atom. The Labute approximate surface area is 200 Å². The van der Waals surface area contributed by atoms with Crippen LogP contribution in [0.3, 0.4) is 0 Å². The lowest BCUT2D eigenvalue weighted by atomic mass is 10.1. The van der Waals surface area contributed by atoms with E-state index in [0.29, 0.717) is 28.0 Å². The second-order valence-corrected chi connectivity index (χ2v) is 8.14. The quantitative estimate of drug-likeness (QED) is 0.374. The predicted octanol–water partition coefficient (Wildman–Crippen LogP) is 4.42. The number of ether oxygens (including phenoxy) is 1. The number of anilines is 2. The number of nitrogens with one attached hydrogen (secondary N) is 1. The van der Waals surface area contributed by atoms with Crippen molar-refractivity contribution in [1.82, 2.24) is 29.3 Å². The number of halogens is 1. The summed E-state index contributed by atoms with van der Waals surface area (Å²) in [5.74, 6) is 2.61. The first-order valence-electron chi connectivity index (χ1n) is 10.5. The van der Waals surface area contributed by atoms with Crippen LogP contribution in [0.1, 0.15) is 11.4 Å². The van der Waals surface area contributed by atoms with Gasteiger partial charge in [0.2, 0.25) is 0 Å². The largest absolute Gasteiger partial charge is 0.495 e. The van der Waals surface area contributed by atoms with E-state index in [9.17, 15) is 5.11 Å². The number of rotatable bonds is 6. The van der Waals surface area contributed by atoms with Crippen molar-refractivity contribution >= 4 is 34.1 Å². The molecule has 5 aromatic rings. The van der Waals surface area contributed by atoms with Gasteiger partial charge in [0.15, 0.2) is 5.82 Å². The number of aromatic nitrogens is 6. The summed E-state index contributed by atoms with van der Waals surface area (Å²) in [5.41, 5.74) is 4.74. The van der Waals surface area contributed by atoms with Crippen molar-refractivity contribution in [2.45, 2.75) is 13.5 Å². The fraction of sp³-hybridized carbons (Fsp3) is 0.167. The van der Waals surface area contributed by atoms with Crippen LogP contribution in [0.2, 0.25) is 5.02 Å². The molecule has 34 heavy (non-hydrogen) atoms. The first kappa shape index (κ1) is 21.9. The van der Waals surface area contributed by atoms with Crippen LogP contribution in [0.15, 0.2) is 55.0 Å². The molecule has 0 atom stereocenters. The lowest BCUT2D eigenvalue weighted by Gasteiger charge is -2.11. The third kappa shape index (κ3) is 3.85. The number of aliphatic hydroxyl groups is 1. The lowest BCUT2D eigenvalue weighted by molar-refractivity contribution is 0.281. The third-order valence-corrected chi connectivity index (χ3v) is 5.89. The SMILES string of the molecule is COc1cc(-c2nc3c(Nc4ccc(-n5cnc(C)n5)c(CO)c4)nccc3n2C)ccc1Cl. The summed E-state index contributed by atoms with van der Waals surface area (Å²) >= 11 is 6.19. The van der Waals surface area contributed by atoms with Crippen molar-refractivity contribution in [3.63, 3.8) is 0 Å². The van der Waals surface area contributed by atoms with E-state index in [1.54, 1.807) is 30.4 Å². The number of benzene rings is 2. The van der Waals surface area contributed by atoms with Crippen molar-refractivity contribution in [2.75, 3.05) is 12.4 Å². The highest BCUT2D eigenvalue weighted by atomic mass is 35.5. The number of methoxy groups -OCH3 is 1. The zero-order valence-corrected chi connectivity index (χ0v) is 19.6. The summed E-state index contributed by atoms with van der Waals surface area (Å²) in [5, 5.41) is 18.2. The predicted molar refractivity (Wildman–Crippen MR) is 131 cm³/mol. The van der Waals surface area contributed by atoms with Crippen molar-refractivity contribution < 1.29 is 9.84 Å². The zero-order chi connectivity index (χ0) is 23.8. The number of hydrogen-bond donors (Lipinski definition) is 2. The van der Waals surface area contributed by atoms with Crippen LogP contribution >= 0.6 is 11.6 Å². The Bertz CT molecular complexity index is 1510. The Hall–Kier alpha value is -3.95. The smallest absolute Gasteiger partial charge is 0.158 e. The summed E-state index contributed by atoms with van der Waals surface area (Å²) in [4.78, 5) is 13.5. The topological polar surface area (TPSA) is 103 Å². The second-order valence-electron chi connectivity index (χ2n) is 7.73. The van der Waals surface area contributed by atoms with Gasteiger partial charge in [-0.05, 0) is 49.4 Å². The highest BCUT2D eigenvalue weighted by Gasteiger charge is 2.16. The molecule has 0 fully saturated rings. The highest BCUT2D eigenvalue weighted by Crippen LogP contribution is 2.33. The average Bonchev–Trinajstić information content (AvgIpc) is 3.43. The van der Waals surface area contributed by atoms with Crippen molar-refractivity contribution in [3.05, 3.63) is 71.4 Å². The number of aliphatic hydroxyl groups excluding tert-OH is 1. The molecule has 0 radical (unpaired) electrons. The Morgan fingerprint density at radius 1 is 1.12 bits per heavy atom. The highest BCUT2D eigenvalue weighted by molar-refractivity contribution is 6.32. The molecule has 2 N–H and O–H groups in total. The maximum Gasteiger partial charge on any atom is 0.158 e. The summed E-state index contributed by atoms with van der Waals surface area (Å²) in [6, 6.07) is 13.1. The molecule has 0 spiro atoms. The van der Waals surface area contributed by atoms with E-state index in [1.807, 2.05) is 54.9 Å². The number of aryl methyl sites for hydroxylation is 2. The molecule has 0 bridgehead atoms. The minimum atomic E-state index is -0.145. The van der Waals surface area contributed by atoms with E-state index < -0.39 is 0 Å². The molecule has 0 aliphatic carbocycles. The van der Waals surface area contributed by atoms with Gasteiger partial charge in [-0.25, -0.2) is 19.6 Å². The Morgan fingerprint density at radius 2 is 1.97 bits per heavy atom. The lowest BCUT2D eigenvalue weighted by Crippen LogP contribution is -2.03. The minimum absolute atomic E-state index is 0.145. The van der Waals surface area contributed by atoms with Crippen molar-refractivity contribution in [3.8, 4) is 22.8 Å². The van der Waals surface area contributed by atoms with E-state index in [-0.39, 0.29) is 6.61 Å². The molecule has 5 rings (SSSR count). The maximum atomic E-state index is 9.94. The Kier molecular flexibility index (Phi) is 5.64. The molecule has 2 aromatic carbocycles. The van der Waals surface area contributed by atoms with Crippen LogP contribution in [0.4, 0.5) is 11.5 Å². The van der Waals surface area contributed by atoms with Crippen LogP contribution < -0.4 is 10.1 Å². The fourth-order valence-electron chi connectivity index (χ4n) is 3.88. The normalized spacial score (nSPS) is 11.2. The summed E-state index contributed by atoms with van der Waals surface area (Å²) in [6.45, 7) is 1.67. The van der Waals surface area contributed by atoms with E-state index >= 15 is 0 Å². The van der Waals surface area contributed by atoms with Crippen LogP contribution in [0, 0.1) is 6.92 Å². The first-order valence-corrected chi connectivity index (χ1v) is 10.9. The van der Waals surface area contributed by atoms with Crippen LogP contribution in [0.25, 0.3) is 28.1 Å². The molecular weight excluding hydrogens is 454 g/mol. The van der Waals surface area contributed by atoms with Gasteiger partial charge in [-0.1, -0.05) is 11.6 Å². The van der Waals surface area contributed by atoms with Gasteiger partial charge < -0.3 is 19.7 Å². The van der Waals surface area contributed by atoms with Gasteiger partial charge in [-0.2, -0.15) is 5.10 Å². The molecule has 172 valence electrons. The van der Waals surface area contributed by atoms with Gasteiger partial charge in [-0.3, -0.25) is 0 Å². The van der Waals surface area contributed by atoms with Crippen molar-refractivity contribution in [1.29, 1.82) is 0 Å². The molecule has 0 saturated carbocycles. The molecule has 0 saturated heterocycles. The molecule has 3 heterocycles. The monoisotopic (exact) mass is 475 g/mol. The summed E-state index contributed by atoms with van der Waals surface area (Å²) < 4.78 is 9.01. The van der Waals surface area contributed by atoms with E-state index in [4.69, 9.17) is 21.3 Å². The Balaban J connectivity index is 1.53. The molecule has 0 amide bonds. The zero-order valence-electron chi connectivity index (χ0n) is 18.8. The molecule has 0 unspecified atom stereocenters. The van der Waals surface area contributed by atoms with E-state index in [2.05, 4.69) is 20.4 Å². The number of hydrogen-bond acceptors (Lipinski definition) is 7. The van der Waals surface area contributed by atoms with Crippen LogP contribution in [-0.4, -0.2) is 41.5 Å². The number of nitrogens with zero attached hydrogens (tertiary/aromatic N) is 6. The fourth-order valence-corrected chi connectivity index (χ4v) is 4.07. The first-order chi connectivity index (χ1) is 16.5. The van der Waals surface area contributed by atoms with Gasteiger partial charge in [0.05, 0.1) is 29.9 Å². The van der Waals surface area contributed by atoms with Gasteiger partial charge in [0.1, 0.15) is 29.2 Å². The van der Waals surface area contributed by atoms with Gasteiger partial charge in [-0.15, -0.1) is 0 Å². The molecule has 10 heteroatoms. The van der Waals surface area contributed by atoms with Crippen LogP contribution in [0.5, 0.6) is 5.75 Å². The molecule has 9 nitrogen and oxygen atoms in total. The van der Waals surface area contributed by atoms with Gasteiger partial charge >= 0.3 is 0 Å². The maximum absolute atomic E-state index is 9.94. The third-order valence-electron chi connectivity index (χ3n) is 5.57. The van der Waals surface area contributed by atoms with E-state index in [1.165, 1.54) is 0 Å². The number of imidazole rings is 1. The van der Waals surface area contributed by atoms with E-state index in [0.717, 1.165) is 33.8 Å². The standard InChI is InChI=1S/C24H22ClN7O2/c1-14-27-13-32(30-14)19-7-5-17(10-16(19)12-33)28-23-22-20(8-9-26-23)31(2)24(29-22)15-4-6-18(25)21(11-15)34-3/h4-11,13,33H,12H2,1-3H3,(H,26,28). The second kappa shape index (κ2) is 8.77. The molecule has 3 aromatic heterocycles. The molecule has 0 aliphatic heterocycles. The van der Waals surface area contributed by atoms with Gasteiger partial charge in [0, 0.05) is 30.1 Å².